The van der Waals surface area contributed by atoms with Crippen LogP contribution in [0.25, 0.3) is 0 Å². The van der Waals surface area contributed by atoms with Gasteiger partial charge in [-0.3, -0.25) is 0 Å². The molecule has 0 fully saturated rings. The van der Waals surface area contributed by atoms with Crippen LogP contribution in [-0.2, 0) is 6.42 Å². The molecule has 0 aliphatic carbocycles. The van der Waals surface area contributed by atoms with Gasteiger partial charge in [0.15, 0.2) is 0 Å². The van der Waals surface area contributed by atoms with Gasteiger partial charge in [0.1, 0.15) is 23.2 Å². The Labute approximate surface area is 116 Å². The second-order valence-corrected chi connectivity index (χ2v) is 5.00. The van der Waals surface area contributed by atoms with Crippen LogP contribution in [-0.4, -0.2) is 4.98 Å². The summed E-state index contributed by atoms with van der Waals surface area (Å²) in [7, 11) is 0. The van der Waals surface area contributed by atoms with Gasteiger partial charge < -0.3 is 16.2 Å². The molecule has 0 unspecified atom stereocenters. The van der Waals surface area contributed by atoms with Crippen molar-refractivity contribution >= 4 is 11.5 Å². The smallest absolute Gasteiger partial charge is 0.226 e. The summed E-state index contributed by atoms with van der Waals surface area (Å²) in [6.45, 7) is 4.08. The monoisotopic (exact) mass is 266 g/mol. The average Bonchev–Trinajstić information content (AvgIpc) is 2.39. The first-order valence-corrected chi connectivity index (χ1v) is 6.27. The third kappa shape index (κ3) is 1.66. The number of pyridine rings is 1. The third-order valence-electron chi connectivity index (χ3n) is 3.69. The standard InChI is InChI=1S/C15H14N4O/c1-7-3-9-5-10-13(17)11(6-16)14(18)19-15(10)20-12(9)4-8(7)2/h3-4H,5H2,1-2H3,(H4,17,18,19). The molecule has 0 spiro atoms. The molecule has 3 rings (SSSR count). The third-order valence-corrected chi connectivity index (χ3v) is 3.69. The molecule has 0 saturated heterocycles. The van der Waals surface area contributed by atoms with Crippen LogP contribution < -0.4 is 16.2 Å². The van der Waals surface area contributed by atoms with Gasteiger partial charge in [-0.25, -0.2) is 0 Å². The summed E-state index contributed by atoms with van der Waals surface area (Å²) in [6, 6.07) is 6.05. The number of rotatable bonds is 0. The van der Waals surface area contributed by atoms with E-state index in [9.17, 15) is 0 Å². The predicted octanol–water partition coefficient (Wildman–Crippen LogP) is 2.43. The van der Waals surface area contributed by atoms with E-state index in [0.29, 0.717) is 18.0 Å². The summed E-state index contributed by atoms with van der Waals surface area (Å²) in [5.41, 5.74) is 16.5. The van der Waals surface area contributed by atoms with Crippen LogP contribution in [0.1, 0.15) is 27.8 Å². The lowest BCUT2D eigenvalue weighted by Gasteiger charge is -2.22. The molecule has 0 radical (unpaired) electrons. The fourth-order valence-electron chi connectivity index (χ4n) is 2.39. The molecule has 1 aromatic carbocycles. The molecule has 4 N–H and O–H groups in total. The van der Waals surface area contributed by atoms with Gasteiger partial charge in [-0.05, 0) is 36.6 Å². The zero-order valence-electron chi connectivity index (χ0n) is 11.3. The van der Waals surface area contributed by atoms with Gasteiger partial charge in [0.25, 0.3) is 0 Å². The predicted molar refractivity (Wildman–Crippen MR) is 76.6 cm³/mol. The summed E-state index contributed by atoms with van der Waals surface area (Å²) in [5, 5.41) is 9.09. The molecule has 5 nitrogen and oxygen atoms in total. The number of nitrogens with two attached hydrogens (primary N) is 2. The first-order chi connectivity index (χ1) is 9.51. The molecule has 0 amide bonds. The van der Waals surface area contributed by atoms with Crippen molar-refractivity contribution < 1.29 is 4.74 Å². The van der Waals surface area contributed by atoms with Crippen LogP contribution in [0.15, 0.2) is 12.1 Å². The van der Waals surface area contributed by atoms with Crippen molar-refractivity contribution in [3.63, 3.8) is 0 Å². The van der Waals surface area contributed by atoms with Gasteiger partial charge in [-0.1, -0.05) is 6.07 Å². The topological polar surface area (TPSA) is 98.0 Å². The maximum atomic E-state index is 9.09. The number of aromatic nitrogens is 1. The molecule has 1 aliphatic heterocycles. The van der Waals surface area contributed by atoms with Gasteiger partial charge in [0.05, 0.1) is 5.69 Å². The lowest BCUT2D eigenvalue weighted by Crippen LogP contribution is -2.12. The molecule has 1 aliphatic rings. The van der Waals surface area contributed by atoms with Gasteiger partial charge in [-0.2, -0.15) is 10.2 Å². The Balaban J connectivity index is 2.18. The summed E-state index contributed by atoms with van der Waals surface area (Å²) in [6.07, 6.45) is 0.597. The van der Waals surface area contributed by atoms with Crippen LogP contribution in [0, 0.1) is 25.2 Å². The number of nitrogens with zero attached hydrogens (tertiary/aromatic N) is 2. The maximum absolute atomic E-state index is 9.09. The SMILES string of the molecule is Cc1cc2c(cc1C)Oc1nc(N)c(C#N)c(N)c1C2. The van der Waals surface area contributed by atoms with E-state index >= 15 is 0 Å². The van der Waals surface area contributed by atoms with E-state index in [0.717, 1.165) is 22.4 Å². The Bertz CT molecular complexity index is 775. The van der Waals surface area contributed by atoms with Crippen molar-refractivity contribution in [2.45, 2.75) is 20.3 Å². The molecule has 1 aromatic heterocycles. The summed E-state index contributed by atoms with van der Waals surface area (Å²) in [5.74, 6) is 1.28. The van der Waals surface area contributed by atoms with E-state index in [4.69, 9.17) is 21.5 Å². The van der Waals surface area contributed by atoms with Gasteiger partial charge in [0.2, 0.25) is 5.88 Å². The molecule has 20 heavy (non-hydrogen) atoms. The molecule has 0 atom stereocenters. The van der Waals surface area contributed by atoms with E-state index in [1.165, 1.54) is 5.56 Å². The van der Waals surface area contributed by atoms with E-state index in [1.807, 2.05) is 19.1 Å². The second-order valence-electron chi connectivity index (χ2n) is 5.00. The van der Waals surface area contributed by atoms with Crippen molar-refractivity contribution in [2.24, 2.45) is 0 Å². The van der Waals surface area contributed by atoms with E-state index < -0.39 is 0 Å². The molecule has 0 bridgehead atoms. The first-order valence-electron chi connectivity index (χ1n) is 6.27. The fraction of sp³-hybridized carbons (Fsp3) is 0.200. The number of hydrogen-bond acceptors (Lipinski definition) is 5. The van der Waals surface area contributed by atoms with Crippen molar-refractivity contribution in [1.29, 1.82) is 5.26 Å². The van der Waals surface area contributed by atoms with Crippen molar-refractivity contribution in [1.82, 2.24) is 4.98 Å². The zero-order valence-corrected chi connectivity index (χ0v) is 11.3. The van der Waals surface area contributed by atoms with E-state index in [2.05, 4.69) is 18.0 Å². The minimum atomic E-state index is 0.107. The van der Waals surface area contributed by atoms with Crippen LogP contribution >= 0.6 is 0 Å². The zero-order chi connectivity index (χ0) is 14.4. The molecule has 5 heteroatoms. The molecule has 2 heterocycles. The maximum Gasteiger partial charge on any atom is 0.226 e. The van der Waals surface area contributed by atoms with Gasteiger partial charge >= 0.3 is 0 Å². The van der Waals surface area contributed by atoms with Crippen molar-refractivity contribution in [3.05, 3.63) is 39.9 Å². The average molecular weight is 266 g/mol. The van der Waals surface area contributed by atoms with Crippen LogP contribution in [0.3, 0.4) is 0 Å². The van der Waals surface area contributed by atoms with E-state index in [-0.39, 0.29) is 11.4 Å². The molecule has 0 saturated carbocycles. The van der Waals surface area contributed by atoms with Crippen LogP contribution in [0.2, 0.25) is 0 Å². The number of benzene rings is 1. The molecular weight excluding hydrogens is 252 g/mol. The lowest BCUT2D eigenvalue weighted by atomic mass is 9.96. The number of hydrogen-bond donors (Lipinski definition) is 2. The largest absolute Gasteiger partial charge is 0.438 e. The highest BCUT2D eigenvalue weighted by Gasteiger charge is 2.24. The number of fused-ring (bicyclic) bond motifs is 2. The number of nitriles is 1. The lowest BCUT2D eigenvalue weighted by molar-refractivity contribution is 0.441. The minimum Gasteiger partial charge on any atom is -0.438 e. The highest BCUT2D eigenvalue weighted by atomic mass is 16.5. The Morgan fingerprint density at radius 3 is 2.65 bits per heavy atom. The number of aryl methyl sites for hydroxylation is 2. The quantitative estimate of drug-likeness (QED) is 0.651. The fourth-order valence-corrected chi connectivity index (χ4v) is 2.39. The molecular formula is C15H14N4O. The summed E-state index contributed by atoms with van der Waals surface area (Å²) < 4.78 is 5.79. The number of nitrogen functional groups attached to an aromatic ring is 2. The first kappa shape index (κ1) is 12.3. The number of ether oxygens (including phenoxy) is 1. The normalized spacial score (nSPS) is 12.1. The van der Waals surface area contributed by atoms with Gasteiger partial charge in [-0.15, -0.1) is 0 Å². The summed E-state index contributed by atoms with van der Waals surface area (Å²) >= 11 is 0. The Hall–Kier alpha value is -2.74. The molecule has 2 aromatic rings. The number of anilines is 2. The van der Waals surface area contributed by atoms with Crippen LogP contribution in [0.5, 0.6) is 11.6 Å². The van der Waals surface area contributed by atoms with Crippen LogP contribution in [0.4, 0.5) is 11.5 Å². The second kappa shape index (κ2) is 4.14. The van der Waals surface area contributed by atoms with Crippen molar-refractivity contribution in [2.75, 3.05) is 11.5 Å². The molecule has 100 valence electrons. The van der Waals surface area contributed by atoms with Gasteiger partial charge in [0, 0.05) is 12.0 Å². The Kier molecular flexibility index (Phi) is 2.54. The van der Waals surface area contributed by atoms with E-state index in [1.54, 1.807) is 0 Å². The highest BCUT2D eigenvalue weighted by molar-refractivity contribution is 5.72. The van der Waals surface area contributed by atoms with Crippen molar-refractivity contribution in [3.8, 4) is 17.7 Å². The minimum absolute atomic E-state index is 0.107. The summed E-state index contributed by atoms with van der Waals surface area (Å²) in [4.78, 5) is 4.15. The Morgan fingerprint density at radius 2 is 1.95 bits per heavy atom. The Morgan fingerprint density at radius 1 is 1.25 bits per heavy atom. The highest BCUT2D eigenvalue weighted by Crippen LogP contribution is 2.41.